The summed E-state index contributed by atoms with van der Waals surface area (Å²) in [7, 11) is -1.84. The predicted molar refractivity (Wildman–Crippen MR) is 87.6 cm³/mol. The molecule has 0 aromatic carbocycles. The number of halogens is 1. The maximum Gasteiger partial charge on any atom is 0.245 e. The Labute approximate surface area is 141 Å². The van der Waals surface area contributed by atoms with Crippen molar-refractivity contribution >= 4 is 21.6 Å². The van der Waals surface area contributed by atoms with Crippen LogP contribution in [0.2, 0.25) is 5.02 Å². The molecule has 0 spiro atoms. The van der Waals surface area contributed by atoms with Crippen molar-refractivity contribution in [1.82, 2.24) is 19.1 Å². The highest BCUT2D eigenvalue weighted by atomic mass is 35.5. The number of hydrogen-bond donors (Lipinski definition) is 0. The summed E-state index contributed by atoms with van der Waals surface area (Å²) in [4.78, 5) is 4.14. The van der Waals surface area contributed by atoms with E-state index < -0.39 is 10.0 Å². The quantitative estimate of drug-likeness (QED) is 0.849. The first-order valence-corrected chi connectivity index (χ1v) is 9.43. The molecule has 0 radical (unpaired) electrons. The van der Waals surface area contributed by atoms with Crippen molar-refractivity contribution in [2.24, 2.45) is 7.05 Å². The molecule has 6 nitrogen and oxygen atoms in total. The van der Waals surface area contributed by atoms with Gasteiger partial charge in [-0.15, -0.1) is 0 Å². The lowest BCUT2D eigenvalue weighted by Crippen LogP contribution is -2.35. The molecule has 0 amide bonds. The largest absolute Gasteiger partial charge is 0.274 e. The van der Waals surface area contributed by atoms with Crippen molar-refractivity contribution in [3.8, 4) is 0 Å². The fourth-order valence-corrected chi connectivity index (χ4v) is 4.91. The maximum atomic E-state index is 13.1. The summed E-state index contributed by atoms with van der Waals surface area (Å²) < 4.78 is 29.3. The van der Waals surface area contributed by atoms with E-state index in [1.165, 1.54) is 10.5 Å². The zero-order valence-corrected chi connectivity index (χ0v) is 14.5. The van der Waals surface area contributed by atoms with Gasteiger partial charge < -0.3 is 0 Å². The van der Waals surface area contributed by atoms with Crippen LogP contribution in [0.3, 0.4) is 0 Å². The Morgan fingerprint density at radius 1 is 1.30 bits per heavy atom. The monoisotopic (exact) mass is 354 g/mol. The first-order chi connectivity index (χ1) is 11.0. The Morgan fingerprint density at radius 2 is 2.13 bits per heavy atom. The van der Waals surface area contributed by atoms with Gasteiger partial charge in [-0.1, -0.05) is 24.4 Å². The smallest absolute Gasteiger partial charge is 0.245 e. The van der Waals surface area contributed by atoms with Crippen LogP contribution >= 0.6 is 11.6 Å². The van der Waals surface area contributed by atoms with Crippen LogP contribution in [-0.4, -0.2) is 34.0 Å². The van der Waals surface area contributed by atoms with Crippen LogP contribution in [0.4, 0.5) is 0 Å². The van der Waals surface area contributed by atoms with Gasteiger partial charge in [-0.25, -0.2) is 8.42 Å². The Hall–Kier alpha value is -1.44. The van der Waals surface area contributed by atoms with Gasteiger partial charge in [0.1, 0.15) is 4.90 Å². The summed E-state index contributed by atoms with van der Waals surface area (Å²) in [5, 5.41) is 4.90. The molecule has 124 valence electrons. The van der Waals surface area contributed by atoms with Crippen molar-refractivity contribution in [2.45, 2.75) is 36.6 Å². The van der Waals surface area contributed by atoms with E-state index in [0.29, 0.717) is 17.3 Å². The molecule has 1 aliphatic heterocycles. The molecule has 0 bridgehead atoms. The number of aryl methyl sites for hydroxylation is 1. The topological polar surface area (TPSA) is 68.1 Å². The molecular weight excluding hydrogens is 336 g/mol. The standard InChI is InChI=1S/C15H19ClN4O2S/c1-19-11-13(16)15(18-19)14-7-3-2-4-9-20(14)23(21,22)12-6-5-8-17-10-12/h5-6,8,10-11,14H,2-4,7,9H2,1H3. The first-order valence-electron chi connectivity index (χ1n) is 7.61. The molecule has 2 aromatic rings. The van der Waals surface area contributed by atoms with Gasteiger partial charge in [0.25, 0.3) is 0 Å². The second-order valence-electron chi connectivity index (χ2n) is 5.71. The van der Waals surface area contributed by atoms with E-state index in [-0.39, 0.29) is 10.9 Å². The van der Waals surface area contributed by atoms with Crippen LogP contribution in [0, 0.1) is 0 Å². The van der Waals surface area contributed by atoms with Gasteiger partial charge in [-0.05, 0) is 25.0 Å². The van der Waals surface area contributed by atoms with Crippen LogP contribution < -0.4 is 0 Å². The summed E-state index contributed by atoms with van der Waals surface area (Å²) in [5.41, 5.74) is 0.628. The van der Waals surface area contributed by atoms with Gasteiger partial charge in [0, 0.05) is 32.2 Å². The highest BCUT2D eigenvalue weighted by Gasteiger charge is 2.35. The summed E-state index contributed by atoms with van der Waals surface area (Å²) in [6.07, 6.45) is 8.16. The minimum absolute atomic E-state index is 0.207. The van der Waals surface area contributed by atoms with Crippen LogP contribution in [-0.2, 0) is 17.1 Å². The molecule has 1 fully saturated rings. The van der Waals surface area contributed by atoms with E-state index in [9.17, 15) is 8.42 Å². The zero-order valence-electron chi connectivity index (χ0n) is 12.9. The predicted octanol–water partition coefficient (Wildman–Crippen LogP) is 2.77. The Bertz CT molecular complexity index is 776. The normalized spacial score (nSPS) is 20.3. The highest BCUT2D eigenvalue weighted by Crippen LogP contribution is 2.36. The summed E-state index contributed by atoms with van der Waals surface area (Å²) >= 11 is 6.28. The average molecular weight is 355 g/mol. The summed E-state index contributed by atoms with van der Waals surface area (Å²) in [6.45, 7) is 0.467. The number of nitrogens with zero attached hydrogens (tertiary/aromatic N) is 4. The average Bonchev–Trinajstić information content (AvgIpc) is 2.75. The van der Waals surface area contributed by atoms with Crippen molar-refractivity contribution in [3.63, 3.8) is 0 Å². The molecule has 1 saturated heterocycles. The molecule has 0 N–H and O–H groups in total. The third kappa shape index (κ3) is 3.27. The second kappa shape index (κ2) is 6.59. The maximum absolute atomic E-state index is 13.1. The molecule has 0 saturated carbocycles. The van der Waals surface area contributed by atoms with Crippen molar-refractivity contribution < 1.29 is 8.42 Å². The number of hydrogen-bond acceptors (Lipinski definition) is 4. The summed E-state index contributed by atoms with van der Waals surface area (Å²) in [6, 6.07) is 2.87. The van der Waals surface area contributed by atoms with E-state index in [1.807, 2.05) is 0 Å². The van der Waals surface area contributed by atoms with Crippen molar-refractivity contribution in [2.75, 3.05) is 6.54 Å². The van der Waals surface area contributed by atoms with Crippen LogP contribution in [0.1, 0.15) is 37.4 Å². The Balaban J connectivity index is 2.04. The lowest BCUT2D eigenvalue weighted by molar-refractivity contribution is 0.321. The van der Waals surface area contributed by atoms with E-state index in [1.54, 1.807) is 36.3 Å². The molecule has 2 aromatic heterocycles. The molecule has 0 aliphatic carbocycles. The van der Waals surface area contributed by atoms with Crippen molar-refractivity contribution in [3.05, 3.63) is 41.4 Å². The molecule has 3 rings (SSSR count). The van der Waals surface area contributed by atoms with Gasteiger partial charge in [0.05, 0.1) is 16.8 Å². The molecule has 3 heterocycles. The fourth-order valence-electron chi connectivity index (χ4n) is 2.98. The SMILES string of the molecule is Cn1cc(Cl)c(C2CCCCCN2S(=O)(=O)c2cccnc2)n1. The zero-order chi connectivity index (χ0) is 16.4. The third-order valence-corrected chi connectivity index (χ3v) is 6.25. The summed E-state index contributed by atoms with van der Waals surface area (Å²) in [5.74, 6) is 0. The Morgan fingerprint density at radius 3 is 2.78 bits per heavy atom. The fraction of sp³-hybridized carbons (Fsp3) is 0.467. The second-order valence-corrected chi connectivity index (χ2v) is 8.00. The Kier molecular flexibility index (Phi) is 4.70. The molecule has 1 unspecified atom stereocenters. The molecule has 8 heteroatoms. The molecule has 23 heavy (non-hydrogen) atoms. The molecule has 1 atom stereocenters. The van der Waals surface area contributed by atoms with E-state index in [4.69, 9.17) is 11.6 Å². The lowest BCUT2D eigenvalue weighted by Gasteiger charge is -2.28. The van der Waals surface area contributed by atoms with E-state index >= 15 is 0 Å². The number of pyridine rings is 1. The highest BCUT2D eigenvalue weighted by molar-refractivity contribution is 7.89. The van der Waals surface area contributed by atoms with E-state index in [0.717, 1.165) is 25.7 Å². The van der Waals surface area contributed by atoms with Crippen molar-refractivity contribution in [1.29, 1.82) is 0 Å². The lowest BCUT2D eigenvalue weighted by atomic mass is 10.1. The number of sulfonamides is 1. The van der Waals surface area contributed by atoms with Gasteiger partial charge >= 0.3 is 0 Å². The van der Waals surface area contributed by atoms with Crippen LogP contribution in [0.5, 0.6) is 0 Å². The first kappa shape index (κ1) is 16.4. The number of aromatic nitrogens is 3. The number of rotatable bonds is 3. The van der Waals surface area contributed by atoms with Crippen LogP contribution in [0.25, 0.3) is 0 Å². The third-order valence-electron chi connectivity index (χ3n) is 4.07. The molecular formula is C15H19ClN4O2S. The minimum Gasteiger partial charge on any atom is -0.274 e. The van der Waals surface area contributed by atoms with Gasteiger partial charge in [-0.2, -0.15) is 9.40 Å². The van der Waals surface area contributed by atoms with Gasteiger partial charge in [0.2, 0.25) is 10.0 Å². The van der Waals surface area contributed by atoms with E-state index in [2.05, 4.69) is 10.1 Å². The van der Waals surface area contributed by atoms with Crippen LogP contribution in [0.15, 0.2) is 35.6 Å². The van der Waals surface area contributed by atoms with Gasteiger partial charge in [0.15, 0.2) is 0 Å². The molecule has 1 aliphatic rings. The minimum atomic E-state index is -3.63. The van der Waals surface area contributed by atoms with Gasteiger partial charge in [-0.3, -0.25) is 9.67 Å².